The van der Waals surface area contributed by atoms with Gasteiger partial charge in [-0.05, 0) is 33.3 Å². The summed E-state index contributed by atoms with van der Waals surface area (Å²) in [5.41, 5.74) is 2.58. The Kier molecular flexibility index (Phi) is 3.52. The van der Waals surface area contributed by atoms with Gasteiger partial charge >= 0.3 is 5.97 Å². The molecule has 1 heterocycles. The molecule has 0 aliphatic rings. The topological polar surface area (TPSA) is 48.3 Å². The largest absolute Gasteiger partial charge is 0.461 e. The highest BCUT2D eigenvalue weighted by atomic mass is 16.5. The SMILES string of the molecule is CCOC(=O)c1c(C)c(C(C)=O)c(C)n1C. The average Bonchev–Trinajstić information content (AvgIpc) is 2.38. The molecule has 0 atom stereocenters. The number of rotatable bonds is 3. The summed E-state index contributed by atoms with van der Waals surface area (Å²) in [6, 6.07) is 0. The summed E-state index contributed by atoms with van der Waals surface area (Å²) in [7, 11) is 1.76. The lowest BCUT2D eigenvalue weighted by atomic mass is 10.1. The van der Waals surface area contributed by atoms with Crippen LogP contribution in [0, 0.1) is 13.8 Å². The van der Waals surface area contributed by atoms with Crippen molar-refractivity contribution < 1.29 is 14.3 Å². The van der Waals surface area contributed by atoms with Crippen LogP contribution in [-0.4, -0.2) is 22.9 Å². The van der Waals surface area contributed by atoms with Crippen LogP contribution in [0.15, 0.2) is 0 Å². The van der Waals surface area contributed by atoms with E-state index in [-0.39, 0.29) is 11.8 Å². The summed E-state index contributed by atoms with van der Waals surface area (Å²) < 4.78 is 6.68. The first-order valence-corrected chi connectivity index (χ1v) is 5.25. The smallest absolute Gasteiger partial charge is 0.355 e. The van der Waals surface area contributed by atoms with E-state index in [1.54, 1.807) is 25.5 Å². The first-order chi connectivity index (χ1) is 7.41. The van der Waals surface area contributed by atoms with E-state index in [0.29, 0.717) is 23.4 Å². The summed E-state index contributed by atoms with van der Waals surface area (Å²) in [5, 5.41) is 0. The van der Waals surface area contributed by atoms with Crippen LogP contribution in [0.2, 0.25) is 0 Å². The summed E-state index contributed by atoms with van der Waals surface area (Å²) in [5.74, 6) is -0.403. The fraction of sp³-hybridized carbons (Fsp3) is 0.500. The maximum Gasteiger partial charge on any atom is 0.355 e. The van der Waals surface area contributed by atoms with Crippen molar-refractivity contribution in [1.82, 2.24) is 4.57 Å². The molecule has 88 valence electrons. The first kappa shape index (κ1) is 12.5. The van der Waals surface area contributed by atoms with Gasteiger partial charge in [-0.1, -0.05) is 0 Å². The van der Waals surface area contributed by atoms with Crippen molar-refractivity contribution in [3.05, 3.63) is 22.5 Å². The maximum atomic E-state index is 11.7. The predicted molar refractivity (Wildman–Crippen MR) is 60.8 cm³/mol. The van der Waals surface area contributed by atoms with E-state index in [1.807, 2.05) is 6.92 Å². The minimum atomic E-state index is -0.377. The predicted octanol–water partition coefficient (Wildman–Crippen LogP) is 2.02. The van der Waals surface area contributed by atoms with Crippen LogP contribution in [0.5, 0.6) is 0 Å². The molecule has 0 saturated heterocycles. The van der Waals surface area contributed by atoms with Gasteiger partial charge in [-0.2, -0.15) is 0 Å². The molecule has 1 rings (SSSR count). The Morgan fingerprint density at radius 1 is 1.31 bits per heavy atom. The van der Waals surface area contributed by atoms with Gasteiger partial charge in [0.2, 0.25) is 0 Å². The Bertz CT molecular complexity index is 444. The number of hydrogen-bond acceptors (Lipinski definition) is 3. The van der Waals surface area contributed by atoms with Crippen LogP contribution >= 0.6 is 0 Å². The van der Waals surface area contributed by atoms with Gasteiger partial charge in [0.05, 0.1) is 6.61 Å². The second-order valence-electron chi connectivity index (χ2n) is 3.77. The van der Waals surface area contributed by atoms with Crippen LogP contribution in [0.1, 0.15) is 46.0 Å². The van der Waals surface area contributed by atoms with Crippen molar-refractivity contribution in [2.45, 2.75) is 27.7 Å². The maximum absolute atomic E-state index is 11.7. The van der Waals surface area contributed by atoms with E-state index in [2.05, 4.69) is 0 Å². The van der Waals surface area contributed by atoms with Crippen LogP contribution in [0.4, 0.5) is 0 Å². The third kappa shape index (κ3) is 1.87. The number of aromatic nitrogens is 1. The first-order valence-electron chi connectivity index (χ1n) is 5.25. The Morgan fingerprint density at radius 2 is 1.88 bits per heavy atom. The molecule has 0 aliphatic heterocycles. The molecular formula is C12H17NO3. The van der Waals surface area contributed by atoms with Gasteiger partial charge in [0.25, 0.3) is 0 Å². The molecule has 4 nitrogen and oxygen atoms in total. The van der Waals surface area contributed by atoms with Gasteiger partial charge in [0.1, 0.15) is 5.69 Å². The summed E-state index contributed by atoms with van der Waals surface area (Å²) in [6.45, 7) is 7.19. The molecule has 1 aromatic rings. The Labute approximate surface area is 95.2 Å². The van der Waals surface area contributed by atoms with Gasteiger partial charge in [0.15, 0.2) is 5.78 Å². The molecule has 4 heteroatoms. The van der Waals surface area contributed by atoms with E-state index < -0.39 is 0 Å². The molecule has 16 heavy (non-hydrogen) atoms. The minimum absolute atomic E-state index is 0.0267. The molecule has 0 radical (unpaired) electrons. The second kappa shape index (κ2) is 4.51. The Balaban J connectivity index is 3.37. The van der Waals surface area contributed by atoms with Gasteiger partial charge in [-0.3, -0.25) is 4.79 Å². The van der Waals surface area contributed by atoms with Gasteiger partial charge in [0, 0.05) is 18.3 Å². The fourth-order valence-electron chi connectivity index (χ4n) is 1.99. The third-order valence-corrected chi connectivity index (χ3v) is 2.75. The third-order valence-electron chi connectivity index (χ3n) is 2.75. The number of carbonyl (C=O) groups is 2. The van der Waals surface area contributed by atoms with Crippen LogP contribution in [0.3, 0.4) is 0 Å². The van der Waals surface area contributed by atoms with E-state index in [1.165, 1.54) is 6.92 Å². The highest BCUT2D eigenvalue weighted by Crippen LogP contribution is 2.22. The monoisotopic (exact) mass is 223 g/mol. The standard InChI is InChI=1S/C12H17NO3/c1-6-16-12(15)11-7(2)10(9(4)14)8(3)13(11)5/h6H2,1-5H3. The summed E-state index contributed by atoms with van der Waals surface area (Å²) in [4.78, 5) is 23.2. The van der Waals surface area contributed by atoms with Gasteiger partial charge < -0.3 is 9.30 Å². The zero-order valence-corrected chi connectivity index (χ0v) is 10.4. The molecule has 0 aromatic carbocycles. The van der Waals surface area contributed by atoms with Crippen molar-refractivity contribution in [3.63, 3.8) is 0 Å². The van der Waals surface area contributed by atoms with E-state index in [4.69, 9.17) is 4.74 Å². The highest BCUT2D eigenvalue weighted by molar-refractivity contribution is 6.01. The zero-order valence-electron chi connectivity index (χ0n) is 10.4. The van der Waals surface area contributed by atoms with Crippen LogP contribution < -0.4 is 0 Å². The molecule has 0 saturated carbocycles. The van der Waals surface area contributed by atoms with E-state index >= 15 is 0 Å². The van der Waals surface area contributed by atoms with E-state index in [0.717, 1.165) is 5.69 Å². The van der Waals surface area contributed by atoms with Gasteiger partial charge in [-0.15, -0.1) is 0 Å². The van der Waals surface area contributed by atoms with Crippen molar-refractivity contribution >= 4 is 11.8 Å². The molecule has 1 aromatic heterocycles. The van der Waals surface area contributed by atoms with Crippen LogP contribution in [0.25, 0.3) is 0 Å². The number of esters is 1. The lowest BCUT2D eigenvalue weighted by Gasteiger charge is -2.05. The molecule has 0 aliphatic carbocycles. The molecule has 0 N–H and O–H groups in total. The molecular weight excluding hydrogens is 206 g/mol. The van der Waals surface area contributed by atoms with Crippen molar-refractivity contribution in [2.75, 3.05) is 6.61 Å². The summed E-state index contributed by atoms with van der Waals surface area (Å²) >= 11 is 0. The molecule has 0 bridgehead atoms. The average molecular weight is 223 g/mol. The second-order valence-corrected chi connectivity index (χ2v) is 3.77. The number of carbonyl (C=O) groups excluding carboxylic acids is 2. The lowest BCUT2D eigenvalue weighted by Crippen LogP contribution is -2.11. The van der Waals surface area contributed by atoms with Crippen molar-refractivity contribution in [2.24, 2.45) is 7.05 Å². The summed E-state index contributed by atoms with van der Waals surface area (Å²) in [6.07, 6.45) is 0. The van der Waals surface area contributed by atoms with Crippen molar-refractivity contribution in [3.8, 4) is 0 Å². The van der Waals surface area contributed by atoms with Crippen molar-refractivity contribution in [1.29, 1.82) is 0 Å². The normalized spacial score (nSPS) is 10.3. The minimum Gasteiger partial charge on any atom is -0.461 e. The van der Waals surface area contributed by atoms with E-state index in [9.17, 15) is 9.59 Å². The Morgan fingerprint density at radius 3 is 2.25 bits per heavy atom. The molecule has 0 spiro atoms. The number of hydrogen-bond donors (Lipinski definition) is 0. The number of ether oxygens (including phenoxy) is 1. The van der Waals surface area contributed by atoms with Crippen LogP contribution in [-0.2, 0) is 11.8 Å². The Hall–Kier alpha value is -1.58. The molecule has 0 fully saturated rings. The lowest BCUT2D eigenvalue weighted by molar-refractivity contribution is 0.0514. The fourth-order valence-corrected chi connectivity index (χ4v) is 1.99. The number of ketones is 1. The quantitative estimate of drug-likeness (QED) is 0.582. The number of nitrogens with zero attached hydrogens (tertiary/aromatic N) is 1. The van der Waals surface area contributed by atoms with Gasteiger partial charge in [-0.25, -0.2) is 4.79 Å². The highest BCUT2D eigenvalue weighted by Gasteiger charge is 2.23. The molecule has 0 amide bonds. The number of Topliss-reactive ketones (excluding diaryl/α,β-unsaturated/α-hetero) is 1. The molecule has 0 unspecified atom stereocenters. The zero-order chi connectivity index (χ0) is 12.5.